The number of carbonyl (C=O) groups is 2. The van der Waals surface area contributed by atoms with Gasteiger partial charge in [0.15, 0.2) is 5.78 Å². The maximum absolute atomic E-state index is 14.4. The Kier molecular flexibility index (Phi) is 7.30. The van der Waals surface area contributed by atoms with Crippen LogP contribution in [0.3, 0.4) is 0 Å². The Morgan fingerprint density at radius 2 is 1.72 bits per heavy atom. The van der Waals surface area contributed by atoms with Crippen LogP contribution in [0, 0.1) is 19.7 Å². The van der Waals surface area contributed by atoms with Gasteiger partial charge in [0.25, 0.3) is 0 Å². The third kappa shape index (κ3) is 5.52. The third-order valence-electron chi connectivity index (χ3n) is 5.59. The van der Waals surface area contributed by atoms with Gasteiger partial charge >= 0.3 is 0 Å². The van der Waals surface area contributed by atoms with Gasteiger partial charge in [0.2, 0.25) is 15.9 Å². The molecule has 0 spiro atoms. The van der Waals surface area contributed by atoms with Crippen LogP contribution in [0.4, 0.5) is 10.1 Å². The normalized spacial score (nSPS) is 14.5. The maximum Gasteiger partial charge on any atom is 0.240 e. The maximum atomic E-state index is 14.4. The fourth-order valence-corrected chi connectivity index (χ4v) is 5.06. The van der Waals surface area contributed by atoms with Gasteiger partial charge in [0.1, 0.15) is 5.82 Å². The number of aryl methyl sites for hydroxylation is 2. The monoisotopic (exact) mass is 461 g/mol. The molecule has 3 rings (SSSR count). The van der Waals surface area contributed by atoms with Gasteiger partial charge in [-0.3, -0.25) is 9.59 Å². The number of nitrogens with zero attached hydrogens (tertiary/aromatic N) is 2. The summed E-state index contributed by atoms with van der Waals surface area (Å²) in [5.74, 6) is -0.807. The summed E-state index contributed by atoms with van der Waals surface area (Å²) in [7, 11) is -3.69. The summed E-state index contributed by atoms with van der Waals surface area (Å²) in [5.41, 5.74) is 2.22. The van der Waals surface area contributed by atoms with Crippen LogP contribution < -0.4 is 9.62 Å². The SMILES string of the molecule is CC(=O)c1ccc(N2CCN(C(=O)CCNS(=O)(=O)c3cc(C)ccc3C)CC2)c(F)c1. The quantitative estimate of drug-likeness (QED) is 0.641. The zero-order valence-electron chi connectivity index (χ0n) is 18.5. The summed E-state index contributed by atoms with van der Waals surface area (Å²) in [4.78, 5) is 27.6. The first-order valence-electron chi connectivity index (χ1n) is 10.5. The number of carbonyl (C=O) groups excluding carboxylic acids is 2. The van der Waals surface area contributed by atoms with E-state index in [2.05, 4.69) is 4.72 Å². The molecule has 0 radical (unpaired) electrons. The number of Topliss-reactive ketones (excluding diaryl/α,β-unsaturated/α-hetero) is 1. The molecule has 0 aromatic heterocycles. The van der Waals surface area contributed by atoms with Crippen LogP contribution in [0.5, 0.6) is 0 Å². The minimum Gasteiger partial charge on any atom is -0.366 e. The van der Waals surface area contributed by atoms with Crippen molar-refractivity contribution >= 4 is 27.4 Å². The molecule has 1 aliphatic rings. The number of hydrogen-bond acceptors (Lipinski definition) is 5. The van der Waals surface area contributed by atoms with Crippen LogP contribution >= 0.6 is 0 Å². The Balaban J connectivity index is 1.52. The number of nitrogens with one attached hydrogen (secondary N) is 1. The average Bonchev–Trinajstić information content (AvgIpc) is 2.75. The van der Waals surface area contributed by atoms with E-state index in [4.69, 9.17) is 0 Å². The van der Waals surface area contributed by atoms with E-state index in [0.717, 1.165) is 5.56 Å². The Morgan fingerprint density at radius 3 is 2.34 bits per heavy atom. The second-order valence-corrected chi connectivity index (χ2v) is 9.74. The lowest BCUT2D eigenvalue weighted by Crippen LogP contribution is -2.49. The highest BCUT2D eigenvalue weighted by Crippen LogP contribution is 2.22. The van der Waals surface area contributed by atoms with Gasteiger partial charge in [-0.15, -0.1) is 0 Å². The first kappa shape index (κ1) is 23.9. The van der Waals surface area contributed by atoms with Crippen molar-refractivity contribution in [3.8, 4) is 0 Å². The Bertz CT molecular complexity index is 1130. The first-order chi connectivity index (χ1) is 15.1. The summed E-state index contributed by atoms with van der Waals surface area (Å²) in [6.45, 7) is 6.69. The average molecular weight is 462 g/mol. The van der Waals surface area contributed by atoms with Crippen LogP contribution in [0.2, 0.25) is 0 Å². The molecule has 0 unspecified atom stereocenters. The van der Waals surface area contributed by atoms with E-state index in [-0.39, 0.29) is 29.6 Å². The highest BCUT2D eigenvalue weighted by molar-refractivity contribution is 7.89. The minimum absolute atomic E-state index is 0.00982. The van der Waals surface area contributed by atoms with Gasteiger partial charge in [0.05, 0.1) is 10.6 Å². The molecule has 1 heterocycles. The van der Waals surface area contributed by atoms with Crippen molar-refractivity contribution in [1.82, 2.24) is 9.62 Å². The predicted octanol–water partition coefficient (Wildman–Crippen LogP) is 2.66. The molecule has 2 aromatic rings. The lowest BCUT2D eigenvalue weighted by Gasteiger charge is -2.36. The number of ketones is 1. The Morgan fingerprint density at radius 1 is 1.03 bits per heavy atom. The smallest absolute Gasteiger partial charge is 0.240 e. The van der Waals surface area contributed by atoms with E-state index in [0.29, 0.717) is 43.0 Å². The zero-order chi connectivity index (χ0) is 23.5. The van der Waals surface area contributed by atoms with Gasteiger partial charge in [-0.25, -0.2) is 17.5 Å². The minimum atomic E-state index is -3.69. The molecule has 1 aliphatic heterocycles. The zero-order valence-corrected chi connectivity index (χ0v) is 19.3. The van der Waals surface area contributed by atoms with Crippen molar-refractivity contribution in [3.63, 3.8) is 0 Å². The molecule has 2 aromatic carbocycles. The van der Waals surface area contributed by atoms with Crippen molar-refractivity contribution in [2.24, 2.45) is 0 Å². The summed E-state index contributed by atoms with van der Waals surface area (Å²) in [6, 6.07) is 9.63. The number of piperazine rings is 1. The number of amides is 1. The molecular formula is C23H28FN3O4S. The lowest BCUT2D eigenvalue weighted by molar-refractivity contribution is -0.131. The van der Waals surface area contributed by atoms with Crippen molar-refractivity contribution in [2.45, 2.75) is 32.1 Å². The second-order valence-electron chi connectivity index (χ2n) is 8.01. The summed E-state index contributed by atoms with van der Waals surface area (Å²) in [6.07, 6.45) is 0.0474. The number of sulfonamides is 1. The van der Waals surface area contributed by atoms with Crippen LogP contribution in [0.25, 0.3) is 0 Å². The molecule has 7 nitrogen and oxygen atoms in total. The molecular weight excluding hydrogens is 433 g/mol. The van der Waals surface area contributed by atoms with Crippen LogP contribution in [0.15, 0.2) is 41.3 Å². The number of rotatable bonds is 7. The molecule has 1 N–H and O–H groups in total. The molecule has 1 fully saturated rings. The molecule has 9 heteroatoms. The van der Waals surface area contributed by atoms with Gasteiger partial charge in [0, 0.05) is 44.7 Å². The number of hydrogen-bond donors (Lipinski definition) is 1. The lowest BCUT2D eigenvalue weighted by atomic mass is 10.1. The van der Waals surface area contributed by atoms with E-state index >= 15 is 0 Å². The van der Waals surface area contributed by atoms with Crippen molar-refractivity contribution in [3.05, 3.63) is 58.9 Å². The largest absolute Gasteiger partial charge is 0.366 e. The van der Waals surface area contributed by atoms with E-state index in [1.54, 1.807) is 36.1 Å². The van der Waals surface area contributed by atoms with E-state index < -0.39 is 15.8 Å². The topological polar surface area (TPSA) is 86.8 Å². The second kappa shape index (κ2) is 9.79. The fraction of sp³-hybridized carbons (Fsp3) is 0.391. The summed E-state index contributed by atoms with van der Waals surface area (Å²) in [5, 5.41) is 0. The summed E-state index contributed by atoms with van der Waals surface area (Å²) >= 11 is 0. The van der Waals surface area contributed by atoms with E-state index in [1.807, 2.05) is 17.9 Å². The fourth-order valence-electron chi connectivity index (χ4n) is 3.70. The standard InChI is InChI=1S/C23H28FN3O4S/c1-16-4-5-17(2)22(14-16)32(30,31)25-9-8-23(29)27-12-10-26(11-13-27)21-7-6-19(18(3)28)15-20(21)24/h4-7,14-15,25H,8-13H2,1-3H3. The molecule has 32 heavy (non-hydrogen) atoms. The van der Waals surface area contributed by atoms with Crippen LogP contribution in [-0.2, 0) is 14.8 Å². The Labute approximate surface area is 188 Å². The molecule has 172 valence electrons. The Hall–Kier alpha value is -2.78. The van der Waals surface area contributed by atoms with Gasteiger partial charge in [-0.1, -0.05) is 12.1 Å². The number of anilines is 1. The predicted molar refractivity (Wildman–Crippen MR) is 121 cm³/mol. The van der Waals surface area contributed by atoms with Gasteiger partial charge < -0.3 is 9.80 Å². The van der Waals surface area contributed by atoms with Gasteiger partial charge in [-0.05, 0) is 56.2 Å². The highest BCUT2D eigenvalue weighted by atomic mass is 32.2. The first-order valence-corrected chi connectivity index (χ1v) is 12.0. The molecule has 0 atom stereocenters. The summed E-state index contributed by atoms with van der Waals surface area (Å²) < 4.78 is 42.0. The van der Waals surface area contributed by atoms with E-state index in [9.17, 15) is 22.4 Å². The van der Waals surface area contributed by atoms with Crippen LogP contribution in [-0.4, -0.2) is 57.7 Å². The highest BCUT2D eigenvalue weighted by Gasteiger charge is 2.24. The van der Waals surface area contributed by atoms with Crippen molar-refractivity contribution < 1.29 is 22.4 Å². The van der Waals surface area contributed by atoms with Crippen molar-refractivity contribution in [1.29, 1.82) is 0 Å². The third-order valence-corrected chi connectivity index (χ3v) is 7.19. The van der Waals surface area contributed by atoms with Crippen LogP contribution in [0.1, 0.15) is 34.8 Å². The van der Waals surface area contributed by atoms with Crippen molar-refractivity contribution in [2.75, 3.05) is 37.6 Å². The number of benzene rings is 2. The molecule has 1 amide bonds. The molecule has 1 saturated heterocycles. The van der Waals surface area contributed by atoms with E-state index in [1.165, 1.54) is 13.0 Å². The number of halogens is 1. The molecule has 0 saturated carbocycles. The molecule has 0 aliphatic carbocycles. The van der Waals surface area contributed by atoms with Gasteiger partial charge in [-0.2, -0.15) is 0 Å². The molecule has 0 bridgehead atoms.